The quantitative estimate of drug-likeness (QED) is 0.583. The van der Waals surface area contributed by atoms with Crippen LogP contribution in [0, 0.1) is 0 Å². The van der Waals surface area contributed by atoms with E-state index >= 15 is 0 Å². The van der Waals surface area contributed by atoms with Crippen LogP contribution in [0.5, 0.6) is 0 Å². The van der Waals surface area contributed by atoms with E-state index in [0.29, 0.717) is 16.9 Å². The van der Waals surface area contributed by atoms with Gasteiger partial charge >= 0.3 is 0 Å². The number of benzene rings is 2. The van der Waals surface area contributed by atoms with Gasteiger partial charge in [0.15, 0.2) is 0 Å². The number of rotatable bonds is 5. The van der Waals surface area contributed by atoms with E-state index in [2.05, 4.69) is 31.5 Å². The Kier molecular flexibility index (Phi) is 6.12. The highest BCUT2D eigenvalue weighted by molar-refractivity contribution is 9.10. The molecular formula is C21H16BrN3O2. The minimum Gasteiger partial charge on any atom is -0.323 e. The van der Waals surface area contributed by atoms with Crippen LogP contribution >= 0.6 is 15.9 Å². The molecule has 0 bridgehead atoms. The molecule has 2 N–H and O–H groups in total. The van der Waals surface area contributed by atoms with Crippen LogP contribution in [-0.2, 0) is 4.79 Å². The smallest absolute Gasteiger partial charge is 0.257 e. The highest BCUT2D eigenvalue weighted by Gasteiger charge is 2.06. The SMILES string of the molecule is O=C(/C=C/c1ccccc1Br)Nc1ccc(NC(=O)c2cccnc2)cc1. The van der Waals surface area contributed by atoms with Gasteiger partial charge < -0.3 is 10.6 Å². The fourth-order valence-electron chi connectivity index (χ4n) is 2.30. The lowest BCUT2D eigenvalue weighted by atomic mass is 10.2. The second-order valence-corrected chi connectivity index (χ2v) is 6.47. The van der Waals surface area contributed by atoms with Gasteiger partial charge in [-0.05, 0) is 54.1 Å². The molecule has 5 nitrogen and oxygen atoms in total. The first kappa shape index (κ1) is 18.5. The summed E-state index contributed by atoms with van der Waals surface area (Å²) < 4.78 is 0.919. The van der Waals surface area contributed by atoms with Crippen LogP contribution in [0.1, 0.15) is 15.9 Å². The van der Waals surface area contributed by atoms with E-state index in [1.54, 1.807) is 48.7 Å². The molecule has 3 rings (SSSR count). The van der Waals surface area contributed by atoms with Crippen LogP contribution in [0.4, 0.5) is 11.4 Å². The summed E-state index contributed by atoms with van der Waals surface area (Å²) in [5.41, 5.74) is 2.66. The van der Waals surface area contributed by atoms with E-state index in [-0.39, 0.29) is 11.8 Å². The molecule has 2 aromatic carbocycles. The molecule has 6 heteroatoms. The van der Waals surface area contributed by atoms with Crippen LogP contribution in [0.3, 0.4) is 0 Å². The number of aromatic nitrogens is 1. The standard InChI is InChI=1S/C21H16BrN3O2/c22-19-6-2-1-4-15(19)7-12-20(26)24-17-8-10-18(11-9-17)25-21(27)16-5-3-13-23-14-16/h1-14H,(H,24,26)(H,25,27)/b12-7+. The summed E-state index contributed by atoms with van der Waals surface area (Å²) in [5.74, 6) is -0.478. The van der Waals surface area contributed by atoms with Crippen molar-refractivity contribution in [3.05, 3.63) is 94.7 Å². The van der Waals surface area contributed by atoms with Crippen molar-refractivity contribution in [1.29, 1.82) is 0 Å². The van der Waals surface area contributed by atoms with Gasteiger partial charge in [0.25, 0.3) is 5.91 Å². The zero-order chi connectivity index (χ0) is 19.1. The Morgan fingerprint density at radius 1 is 0.889 bits per heavy atom. The first-order chi connectivity index (χ1) is 13.1. The lowest BCUT2D eigenvalue weighted by molar-refractivity contribution is -0.111. The van der Waals surface area contributed by atoms with E-state index in [9.17, 15) is 9.59 Å². The van der Waals surface area contributed by atoms with Gasteiger partial charge in [0, 0.05) is 34.3 Å². The highest BCUT2D eigenvalue weighted by atomic mass is 79.9. The van der Waals surface area contributed by atoms with Gasteiger partial charge in [0.1, 0.15) is 0 Å². The molecule has 3 aromatic rings. The van der Waals surface area contributed by atoms with E-state index in [1.165, 1.54) is 12.3 Å². The van der Waals surface area contributed by atoms with Crippen molar-refractivity contribution in [3.8, 4) is 0 Å². The summed E-state index contributed by atoms with van der Waals surface area (Å²) in [6.45, 7) is 0. The number of carbonyl (C=O) groups excluding carboxylic acids is 2. The maximum atomic E-state index is 12.1. The fraction of sp³-hybridized carbons (Fsp3) is 0. The first-order valence-corrected chi connectivity index (χ1v) is 8.96. The normalized spacial score (nSPS) is 10.6. The molecule has 27 heavy (non-hydrogen) atoms. The third-order valence-electron chi connectivity index (χ3n) is 3.65. The number of amides is 2. The zero-order valence-corrected chi connectivity index (χ0v) is 15.8. The number of carbonyl (C=O) groups is 2. The first-order valence-electron chi connectivity index (χ1n) is 8.17. The molecule has 1 aromatic heterocycles. The summed E-state index contributed by atoms with van der Waals surface area (Å²) in [5, 5.41) is 5.56. The molecule has 2 amide bonds. The third kappa shape index (κ3) is 5.36. The van der Waals surface area contributed by atoms with E-state index in [4.69, 9.17) is 0 Å². The van der Waals surface area contributed by atoms with Crippen molar-refractivity contribution in [1.82, 2.24) is 4.98 Å². The molecule has 0 aliphatic rings. The Bertz CT molecular complexity index is 970. The number of halogens is 1. The zero-order valence-electron chi connectivity index (χ0n) is 14.2. The van der Waals surface area contributed by atoms with Gasteiger partial charge in [0.05, 0.1) is 5.56 Å². The molecule has 0 aliphatic heterocycles. The topological polar surface area (TPSA) is 71.1 Å². The summed E-state index contributed by atoms with van der Waals surface area (Å²) in [6.07, 6.45) is 6.32. The Morgan fingerprint density at radius 3 is 2.26 bits per heavy atom. The number of nitrogens with one attached hydrogen (secondary N) is 2. The Labute approximate surface area is 165 Å². The van der Waals surface area contributed by atoms with E-state index in [0.717, 1.165) is 10.0 Å². The monoisotopic (exact) mass is 421 g/mol. The van der Waals surface area contributed by atoms with Crippen molar-refractivity contribution in [2.24, 2.45) is 0 Å². The highest BCUT2D eigenvalue weighted by Crippen LogP contribution is 2.18. The van der Waals surface area contributed by atoms with E-state index < -0.39 is 0 Å². The number of anilines is 2. The minimum atomic E-state index is -0.240. The molecule has 0 spiro atoms. The number of nitrogens with zero attached hydrogens (tertiary/aromatic N) is 1. The maximum absolute atomic E-state index is 12.1. The maximum Gasteiger partial charge on any atom is 0.257 e. The number of hydrogen-bond donors (Lipinski definition) is 2. The summed E-state index contributed by atoms with van der Waals surface area (Å²) >= 11 is 3.44. The third-order valence-corrected chi connectivity index (χ3v) is 4.38. The van der Waals surface area contributed by atoms with Crippen LogP contribution in [-0.4, -0.2) is 16.8 Å². The summed E-state index contributed by atoms with van der Waals surface area (Å²) in [7, 11) is 0. The molecule has 0 saturated carbocycles. The Hall–Kier alpha value is -3.25. The lowest BCUT2D eigenvalue weighted by Gasteiger charge is -2.07. The van der Waals surface area contributed by atoms with Crippen molar-refractivity contribution in [2.45, 2.75) is 0 Å². The lowest BCUT2D eigenvalue weighted by Crippen LogP contribution is -2.12. The van der Waals surface area contributed by atoms with Crippen molar-refractivity contribution >= 4 is 45.2 Å². The molecule has 0 saturated heterocycles. The Morgan fingerprint density at radius 2 is 1.59 bits per heavy atom. The largest absolute Gasteiger partial charge is 0.323 e. The molecular weight excluding hydrogens is 406 g/mol. The molecule has 134 valence electrons. The van der Waals surface area contributed by atoms with Crippen LogP contribution < -0.4 is 10.6 Å². The average molecular weight is 422 g/mol. The van der Waals surface area contributed by atoms with Gasteiger partial charge in [-0.2, -0.15) is 0 Å². The fourth-order valence-corrected chi connectivity index (χ4v) is 2.71. The van der Waals surface area contributed by atoms with Gasteiger partial charge in [0.2, 0.25) is 5.91 Å². The van der Waals surface area contributed by atoms with Gasteiger partial charge in [-0.1, -0.05) is 34.1 Å². The number of hydrogen-bond acceptors (Lipinski definition) is 3. The van der Waals surface area contributed by atoms with Crippen molar-refractivity contribution < 1.29 is 9.59 Å². The molecule has 0 radical (unpaired) electrons. The molecule has 0 fully saturated rings. The predicted molar refractivity (Wildman–Crippen MR) is 110 cm³/mol. The van der Waals surface area contributed by atoms with Crippen LogP contribution in [0.25, 0.3) is 6.08 Å². The molecule has 1 heterocycles. The van der Waals surface area contributed by atoms with Crippen molar-refractivity contribution in [3.63, 3.8) is 0 Å². The second kappa shape index (κ2) is 8.91. The van der Waals surface area contributed by atoms with Gasteiger partial charge in [-0.15, -0.1) is 0 Å². The summed E-state index contributed by atoms with van der Waals surface area (Å²) in [6, 6.07) is 17.9. The molecule has 0 atom stereocenters. The second-order valence-electron chi connectivity index (χ2n) is 5.62. The van der Waals surface area contributed by atoms with Crippen LogP contribution in [0.15, 0.2) is 83.6 Å². The number of pyridine rings is 1. The Balaban J connectivity index is 1.58. The predicted octanol–water partition coefficient (Wildman–Crippen LogP) is 4.75. The van der Waals surface area contributed by atoms with Crippen LogP contribution in [0.2, 0.25) is 0 Å². The minimum absolute atomic E-state index is 0.238. The average Bonchev–Trinajstić information content (AvgIpc) is 2.69. The van der Waals surface area contributed by atoms with E-state index in [1.807, 2.05) is 24.3 Å². The molecule has 0 aliphatic carbocycles. The van der Waals surface area contributed by atoms with Crippen molar-refractivity contribution in [2.75, 3.05) is 10.6 Å². The summed E-state index contributed by atoms with van der Waals surface area (Å²) in [4.78, 5) is 28.1. The molecule has 0 unspecified atom stereocenters. The van der Waals surface area contributed by atoms with Gasteiger partial charge in [-0.3, -0.25) is 14.6 Å². The van der Waals surface area contributed by atoms with Gasteiger partial charge in [-0.25, -0.2) is 0 Å².